The molecule has 1 aromatic rings. The van der Waals surface area contributed by atoms with Gasteiger partial charge in [0.25, 0.3) is 0 Å². The Hall–Kier alpha value is -1.06. The molecule has 0 saturated carbocycles. The molecule has 20 heavy (non-hydrogen) atoms. The molecule has 0 bridgehead atoms. The molecular formula is C17H26N2O. The van der Waals surface area contributed by atoms with E-state index in [-0.39, 0.29) is 0 Å². The average molecular weight is 274 g/mol. The van der Waals surface area contributed by atoms with Gasteiger partial charge in [-0.05, 0) is 43.5 Å². The van der Waals surface area contributed by atoms with Gasteiger partial charge in [0.05, 0.1) is 7.11 Å². The maximum absolute atomic E-state index is 5.24. The lowest BCUT2D eigenvalue weighted by Gasteiger charge is -2.43. The second-order valence-corrected chi connectivity index (χ2v) is 6.13. The monoisotopic (exact) mass is 274 g/mol. The molecule has 0 amide bonds. The van der Waals surface area contributed by atoms with Crippen LogP contribution in [-0.4, -0.2) is 48.6 Å². The highest BCUT2D eigenvalue weighted by Crippen LogP contribution is 2.27. The van der Waals surface area contributed by atoms with Crippen molar-refractivity contribution in [2.45, 2.75) is 44.8 Å². The Morgan fingerprint density at radius 1 is 1.20 bits per heavy atom. The first-order chi connectivity index (χ1) is 9.80. The predicted octanol–water partition coefficient (Wildman–Crippen LogP) is 2.75. The highest BCUT2D eigenvalue weighted by molar-refractivity contribution is 5.27. The predicted molar refractivity (Wildman–Crippen MR) is 82.1 cm³/mol. The maximum Gasteiger partial charge on any atom is 0.118 e. The van der Waals surface area contributed by atoms with Crippen molar-refractivity contribution in [3.8, 4) is 5.75 Å². The van der Waals surface area contributed by atoms with Crippen molar-refractivity contribution in [1.82, 2.24) is 9.80 Å². The summed E-state index contributed by atoms with van der Waals surface area (Å²) < 4.78 is 5.24. The van der Waals surface area contributed by atoms with Crippen LogP contribution in [0, 0.1) is 0 Å². The fourth-order valence-electron chi connectivity index (χ4n) is 3.69. The van der Waals surface area contributed by atoms with Gasteiger partial charge in [-0.1, -0.05) is 19.1 Å². The molecule has 2 atom stereocenters. The minimum Gasteiger partial charge on any atom is -0.497 e. The summed E-state index contributed by atoms with van der Waals surface area (Å²) in [5, 5.41) is 0. The third-order valence-electron chi connectivity index (χ3n) is 4.92. The summed E-state index contributed by atoms with van der Waals surface area (Å²) in [5.74, 6) is 0.946. The molecule has 0 radical (unpaired) electrons. The quantitative estimate of drug-likeness (QED) is 0.839. The summed E-state index contributed by atoms with van der Waals surface area (Å²) in [6.07, 6.45) is 4.02. The minimum absolute atomic E-state index is 0.714. The Balaban J connectivity index is 1.67. The fourth-order valence-corrected chi connectivity index (χ4v) is 3.69. The molecule has 1 aromatic carbocycles. The van der Waals surface area contributed by atoms with E-state index in [2.05, 4.69) is 41.0 Å². The Morgan fingerprint density at radius 3 is 2.70 bits per heavy atom. The molecule has 110 valence electrons. The van der Waals surface area contributed by atoms with Crippen LogP contribution in [-0.2, 0) is 6.54 Å². The van der Waals surface area contributed by atoms with Crippen molar-refractivity contribution in [2.24, 2.45) is 0 Å². The number of benzene rings is 1. The molecule has 0 aliphatic carbocycles. The number of hydrogen-bond acceptors (Lipinski definition) is 3. The van der Waals surface area contributed by atoms with Gasteiger partial charge in [0.2, 0.25) is 0 Å². The third kappa shape index (κ3) is 2.84. The van der Waals surface area contributed by atoms with Crippen LogP contribution >= 0.6 is 0 Å². The molecule has 2 aliphatic heterocycles. The summed E-state index contributed by atoms with van der Waals surface area (Å²) in [4.78, 5) is 5.40. The van der Waals surface area contributed by atoms with E-state index >= 15 is 0 Å². The molecule has 2 unspecified atom stereocenters. The van der Waals surface area contributed by atoms with Gasteiger partial charge in [-0.15, -0.1) is 0 Å². The van der Waals surface area contributed by atoms with Gasteiger partial charge in [0.15, 0.2) is 0 Å². The van der Waals surface area contributed by atoms with Gasteiger partial charge >= 0.3 is 0 Å². The van der Waals surface area contributed by atoms with Crippen molar-refractivity contribution in [3.05, 3.63) is 29.8 Å². The van der Waals surface area contributed by atoms with Crippen LogP contribution in [0.1, 0.15) is 31.7 Å². The molecule has 2 fully saturated rings. The van der Waals surface area contributed by atoms with Crippen molar-refractivity contribution < 1.29 is 4.74 Å². The lowest BCUT2D eigenvalue weighted by atomic mass is 10.0. The molecule has 3 heteroatoms. The normalized spacial score (nSPS) is 27.5. The van der Waals surface area contributed by atoms with Gasteiger partial charge in [0, 0.05) is 31.7 Å². The Bertz CT molecular complexity index is 431. The van der Waals surface area contributed by atoms with E-state index in [9.17, 15) is 0 Å². The van der Waals surface area contributed by atoms with E-state index in [1.807, 2.05) is 0 Å². The van der Waals surface area contributed by atoms with Gasteiger partial charge in [-0.2, -0.15) is 0 Å². The van der Waals surface area contributed by atoms with Crippen LogP contribution in [0.4, 0.5) is 0 Å². The van der Waals surface area contributed by atoms with Gasteiger partial charge in [0.1, 0.15) is 5.75 Å². The summed E-state index contributed by atoms with van der Waals surface area (Å²) in [5.41, 5.74) is 1.40. The first-order valence-electron chi connectivity index (χ1n) is 7.91. The Kier molecular flexibility index (Phi) is 4.27. The molecule has 0 aromatic heterocycles. The molecule has 2 saturated heterocycles. The van der Waals surface area contributed by atoms with Gasteiger partial charge in [-0.3, -0.25) is 9.80 Å². The largest absolute Gasteiger partial charge is 0.497 e. The standard InChI is InChI=1S/C17H26N2O/c1-3-15-12-18-10-4-5-16(18)13-19(15)11-14-6-8-17(20-2)9-7-14/h6-9,15-16H,3-5,10-13H2,1-2H3. The van der Waals surface area contributed by atoms with E-state index in [1.54, 1.807) is 7.11 Å². The summed E-state index contributed by atoms with van der Waals surface area (Å²) in [7, 11) is 1.72. The van der Waals surface area contributed by atoms with Crippen LogP contribution in [0.25, 0.3) is 0 Å². The summed E-state index contributed by atoms with van der Waals surface area (Å²) >= 11 is 0. The van der Waals surface area contributed by atoms with E-state index < -0.39 is 0 Å². The average Bonchev–Trinajstić information content (AvgIpc) is 2.94. The zero-order valence-corrected chi connectivity index (χ0v) is 12.7. The highest BCUT2D eigenvalue weighted by Gasteiger charge is 2.35. The van der Waals surface area contributed by atoms with Crippen molar-refractivity contribution in [3.63, 3.8) is 0 Å². The van der Waals surface area contributed by atoms with E-state index in [4.69, 9.17) is 4.74 Å². The van der Waals surface area contributed by atoms with Crippen LogP contribution in [0.3, 0.4) is 0 Å². The van der Waals surface area contributed by atoms with Gasteiger partial charge < -0.3 is 4.74 Å². The van der Waals surface area contributed by atoms with E-state index in [1.165, 1.54) is 44.5 Å². The van der Waals surface area contributed by atoms with Crippen molar-refractivity contribution in [1.29, 1.82) is 0 Å². The van der Waals surface area contributed by atoms with Crippen LogP contribution < -0.4 is 4.74 Å². The lowest BCUT2D eigenvalue weighted by Crippen LogP contribution is -2.55. The summed E-state index contributed by atoms with van der Waals surface area (Å²) in [6, 6.07) is 10.1. The number of hydrogen-bond donors (Lipinski definition) is 0. The second kappa shape index (κ2) is 6.15. The zero-order valence-electron chi connectivity index (χ0n) is 12.7. The van der Waals surface area contributed by atoms with E-state index in [0.29, 0.717) is 6.04 Å². The smallest absolute Gasteiger partial charge is 0.118 e. The Morgan fingerprint density at radius 2 is 2.00 bits per heavy atom. The SMILES string of the molecule is CCC1CN2CCCC2CN1Cc1ccc(OC)cc1. The van der Waals surface area contributed by atoms with Crippen LogP contribution in [0.2, 0.25) is 0 Å². The number of fused-ring (bicyclic) bond motifs is 1. The molecule has 2 heterocycles. The molecule has 0 N–H and O–H groups in total. The number of methoxy groups -OCH3 is 1. The number of piperazine rings is 1. The maximum atomic E-state index is 5.24. The molecule has 3 nitrogen and oxygen atoms in total. The van der Waals surface area contributed by atoms with Crippen LogP contribution in [0.15, 0.2) is 24.3 Å². The van der Waals surface area contributed by atoms with Crippen molar-refractivity contribution >= 4 is 0 Å². The molecule has 0 spiro atoms. The lowest BCUT2D eigenvalue weighted by molar-refractivity contribution is 0.0437. The number of rotatable bonds is 4. The number of ether oxygens (including phenoxy) is 1. The van der Waals surface area contributed by atoms with Crippen LogP contribution in [0.5, 0.6) is 5.75 Å². The second-order valence-electron chi connectivity index (χ2n) is 6.13. The molecule has 2 aliphatic rings. The van der Waals surface area contributed by atoms with Gasteiger partial charge in [-0.25, -0.2) is 0 Å². The minimum atomic E-state index is 0.714. The fraction of sp³-hybridized carbons (Fsp3) is 0.647. The Labute approximate surface area is 122 Å². The van der Waals surface area contributed by atoms with E-state index in [0.717, 1.165) is 18.3 Å². The third-order valence-corrected chi connectivity index (χ3v) is 4.92. The number of nitrogens with zero attached hydrogens (tertiary/aromatic N) is 2. The topological polar surface area (TPSA) is 15.7 Å². The first-order valence-corrected chi connectivity index (χ1v) is 7.91. The molecular weight excluding hydrogens is 248 g/mol. The van der Waals surface area contributed by atoms with Crippen molar-refractivity contribution in [2.75, 3.05) is 26.7 Å². The zero-order chi connectivity index (χ0) is 13.9. The molecule has 3 rings (SSSR count). The summed E-state index contributed by atoms with van der Waals surface area (Å²) in [6.45, 7) is 7.22. The first kappa shape index (κ1) is 13.9. The highest BCUT2D eigenvalue weighted by atomic mass is 16.5.